The molecule has 5 heteroatoms. The van der Waals surface area contributed by atoms with E-state index in [0.29, 0.717) is 12.8 Å². The highest BCUT2D eigenvalue weighted by Crippen LogP contribution is 2.26. The van der Waals surface area contributed by atoms with E-state index in [9.17, 15) is 13.6 Å². The summed E-state index contributed by atoms with van der Waals surface area (Å²) in [6.45, 7) is 0.343. The molecule has 2 aromatic carbocycles. The Morgan fingerprint density at radius 3 is 2.35 bits per heavy atom. The number of carbonyl (C=O) groups excluding carboxylic acids is 1. The Labute approximate surface area is 124 Å². The number of aldehydes is 1. The van der Waals surface area contributed by atoms with Crippen LogP contribution in [-0.4, -0.2) is 13.3 Å². The molecule has 0 saturated heterocycles. The molecule has 0 saturated carbocycles. The summed E-state index contributed by atoms with van der Waals surface area (Å²) in [5.74, 6) is -1.50. The van der Waals surface area contributed by atoms with E-state index in [2.05, 4.69) is 15.9 Å². The van der Waals surface area contributed by atoms with Gasteiger partial charge in [0.1, 0.15) is 23.6 Å². The van der Waals surface area contributed by atoms with Gasteiger partial charge in [0.15, 0.2) is 0 Å². The van der Waals surface area contributed by atoms with E-state index in [0.717, 1.165) is 22.2 Å². The molecule has 20 heavy (non-hydrogen) atoms. The van der Waals surface area contributed by atoms with Crippen LogP contribution in [0.3, 0.4) is 0 Å². The second-order valence-corrected chi connectivity index (χ2v) is 5.25. The number of rotatable bonds is 4. The summed E-state index contributed by atoms with van der Waals surface area (Å²) in [6.07, 6.45) is 0.420. The molecule has 0 aliphatic rings. The number of carbonyl (C=O) groups is 1. The molecular formula is C15H12BrF2NO. The van der Waals surface area contributed by atoms with Crippen molar-refractivity contribution >= 4 is 27.9 Å². The van der Waals surface area contributed by atoms with Gasteiger partial charge in [0.2, 0.25) is 0 Å². The van der Waals surface area contributed by atoms with E-state index < -0.39 is 11.6 Å². The number of halogens is 3. The minimum atomic E-state index is -0.748. The molecule has 0 fully saturated rings. The van der Waals surface area contributed by atoms with Gasteiger partial charge in [-0.05, 0) is 23.8 Å². The van der Waals surface area contributed by atoms with Crippen molar-refractivity contribution in [2.45, 2.75) is 6.54 Å². The molecule has 104 valence electrons. The minimum Gasteiger partial charge on any atom is -0.365 e. The first-order valence-electron chi connectivity index (χ1n) is 5.91. The lowest BCUT2D eigenvalue weighted by molar-refractivity contribution is 0.112. The maximum absolute atomic E-state index is 13.9. The summed E-state index contributed by atoms with van der Waals surface area (Å²) in [4.78, 5) is 12.0. The molecule has 0 unspecified atom stereocenters. The highest BCUT2D eigenvalue weighted by atomic mass is 79.9. The van der Waals surface area contributed by atoms with Crippen LogP contribution in [0.4, 0.5) is 14.5 Å². The lowest BCUT2D eigenvalue weighted by Crippen LogP contribution is -2.19. The second kappa shape index (κ2) is 6.13. The molecule has 2 rings (SSSR count). The van der Waals surface area contributed by atoms with Gasteiger partial charge in [-0.1, -0.05) is 34.1 Å². The lowest BCUT2D eigenvalue weighted by Gasteiger charge is -2.21. The van der Waals surface area contributed by atoms with Crippen LogP contribution in [0.1, 0.15) is 15.9 Å². The average molecular weight is 340 g/mol. The molecule has 2 nitrogen and oxygen atoms in total. The van der Waals surface area contributed by atoms with Gasteiger partial charge in [-0.25, -0.2) is 8.78 Å². The SMILES string of the molecule is CN(Cc1ccccc1Br)c1c(F)cc(C=O)cc1F. The van der Waals surface area contributed by atoms with Crippen molar-refractivity contribution in [3.8, 4) is 0 Å². The summed E-state index contributed by atoms with van der Waals surface area (Å²) < 4.78 is 28.7. The van der Waals surface area contributed by atoms with Crippen molar-refractivity contribution in [2.75, 3.05) is 11.9 Å². The zero-order valence-corrected chi connectivity index (χ0v) is 12.3. The summed E-state index contributed by atoms with van der Waals surface area (Å²) in [5, 5.41) is 0. The Balaban J connectivity index is 2.32. The number of nitrogens with zero attached hydrogens (tertiary/aromatic N) is 1. The van der Waals surface area contributed by atoms with E-state index in [1.807, 2.05) is 24.3 Å². The zero-order valence-electron chi connectivity index (χ0n) is 10.7. The Morgan fingerprint density at radius 1 is 1.20 bits per heavy atom. The molecule has 0 N–H and O–H groups in total. The van der Waals surface area contributed by atoms with E-state index in [-0.39, 0.29) is 11.3 Å². The fourth-order valence-corrected chi connectivity index (χ4v) is 2.39. The highest BCUT2D eigenvalue weighted by Gasteiger charge is 2.16. The number of anilines is 1. The summed E-state index contributed by atoms with van der Waals surface area (Å²) in [6, 6.07) is 9.52. The summed E-state index contributed by atoms with van der Waals surface area (Å²) >= 11 is 3.40. The predicted octanol–water partition coefficient (Wildman–Crippen LogP) is 4.18. The van der Waals surface area contributed by atoms with Gasteiger partial charge in [-0.2, -0.15) is 0 Å². The second-order valence-electron chi connectivity index (χ2n) is 4.40. The topological polar surface area (TPSA) is 20.3 Å². The van der Waals surface area contributed by atoms with Crippen molar-refractivity contribution < 1.29 is 13.6 Å². The van der Waals surface area contributed by atoms with Crippen LogP contribution < -0.4 is 4.90 Å². The quantitative estimate of drug-likeness (QED) is 0.779. The Hall–Kier alpha value is -1.75. The maximum atomic E-state index is 13.9. The van der Waals surface area contributed by atoms with Crippen LogP contribution in [0.25, 0.3) is 0 Å². The van der Waals surface area contributed by atoms with Crippen LogP contribution >= 0.6 is 15.9 Å². The first-order valence-corrected chi connectivity index (χ1v) is 6.71. The zero-order chi connectivity index (χ0) is 14.7. The third kappa shape index (κ3) is 3.04. The number of benzene rings is 2. The fourth-order valence-electron chi connectivity index (χ4n) is 1.98. The monoisotopic (exact) mass is 339 g/mol. The van der Waals surface area contributed by atoms with Crippen molar-refractivity contribution in [3.05, 3.63) is 63.6 Å². The molecular weight excluding hydrogens is 328 g/mol. The number of hydrogen-bond acceptors (Lipinski definition) is 2. The summed E-state index contributed by atoms with van der Waals surface area (Å²) in [7, 11) is 1.60. The van der Waals surface area contributed by atoms with Gasteiger partial charge in [0.05, 0.1) is 0 Å². The molecule has 0 bridgehead atoms. The molecule has 0 radical (unpaired) electrons. The molecule has 0 amide bonds. The van der Waals surface area contributed by atoms with Crippen LogP contribution in [0, 0.1) is 11.6 Å². The number of hydrogen-bond donors (Lipinski definition) is 0. The van der Waals surface area contributed by atoms with Gasteiger partial charge < -0.3 is 4.90 Å². The van der Waals surface area contributed by atoms with Gasteiger partial charge >= 0.3 is 0 Å². The molecule has 0 aliphatic heterocycles. The maximum Gasteiger partial charge on any atom is 0.150 e. The van der Waals surface area contributed by atoms with E-state index in [4.69, 9.17) is 0 Å². The van der Waals surface area contributed by atoms with E-state index in [1.165, 1.54) is 4.90 Å². The van der Waals surface area contributed by atoms with Crippen LogP contribution in [0.2, 0.25) is 0 Å². The van der Waals surface area contributed by atoms with Gasteiger partial charge in [-0.15, -0.1) is 0 Å². The largest absolute Gasteiger partial charge is 0.365 e. The summed E-state index contributed by atoms with van der Waals surface area (Å²) in [5.41, 5.74) is 0.748. The van der Waals surface area contributed by atoms with Crippen molar-refractivity contribution in [1.82, 2.24) is 0 Å². The van der Waals surface area contributed by atoms with Gasteiger partial charge in [-0.3, -0.25) is 4.79 Å². The standard InChI is InChI=1S/C15H12BrF2NO/c1-19(8-11-4-2-3-5-12(11)16)15-13(17)6-10(9-20)7-14(15)18/h2-7,9H,8H2,1H3. The molecule has 2 aromatic rings. The van der Waals surface area contributed by atoms with Crippen LogP contribution in [0.5, 0.6) is 0 Å². The first kappa shape index (κ1) is 14.7. The van der Waals surface area contributed by atoms with E-state index >= 15 is 0 Å². The predicted molar refractivity (Wildman–Crippen MR) is 78.0 cm³/mol. The van der Waals surface area contributed by atoms with Gasteiger partial charge in [0, 0.05) is 23.6 Å². The molecule has 0 spiro atoms. The van der Waals surface area contributed by atoms with Crippen molar-refractivity contribution in [1.29, 1.82) is 0 Å². The molecule has 0 atom stereocenters. The normalized spacial score (nSPS) is 10.4. The van der Waals surface area contributed by atoms with Gasteiger partial charge in [0.25, 0.3) is 0 Å². The third-order valence-electron chi connectivity index (χ3n) is 2.92. The third-order valence-corrected chi connectivity index (χ3v) is 3.70. The molecule has 0 aromatic heterocycles. The average Bonchev–Trinajstić information content (AvgIpc) is 2.40. The van der Waals surface area contributed by atoms with Crippen LogP contribution in [0.15, 0.2) is 40.9 Å². The Kier molecular flexibility index (Phi) is 4.49. The van der Waals surface area contributed by atoms with Crippen molar-refractivity contribution in [2.24, 2.45) is 0 Å². The minimum absolute atomic E-state index is 0.0157. The van der Waals surface area contributed by atoms with E-state index in [1.54, 1.807) is 7.05 Å². The lowest BCUT2D eigenvalue weighted by atomic mass is 10.1. The fraction of sp³-hybridized carbons (Fsp3) is 0.133. The molecule has 0 aliphatic carbocycles. The Bertz CT molecular complexity index is 623. The molecule has 0 heterocycles. The van der Waals surface area contributed by atoms with Crippen molar-refractivity contribution in [3.63, 3.8) is 0 Å². The first-order chi connectivity index (χ1) is 9.52. The highest BCUT2D eigenvalue weighted by molar-refractivity contribution is 9.10. The van der Waals surface area contributed by atoms with Crippen LogP contribution in [-0.2, 0) is 6.54 Å². The Morgan fingerprint density at radius 2 is 1.80 bits per heavy atom. The smallest absolute Gasteiger partial charge is 0.150 e.